The molecule has 0 saturated heterocycles. The van der Waals surface area contributed by atoms with Gasteiger partial charge >= 0.3 is 6.18 Å². The summed E-state index contributed by atoms with van der Waals surface area (Å²) >= 11 is 1.20. The van der Waals surface area contributed by atoms with Crippen molar-refractivity contribution < 1.29 is 22.8 Å². The molecule has 31 heavy (non-hydrogen) atoms. The number of hydrogen-bond acceptors (Lipinski definition) is 4. The van der Waals surface area contributed by atoms with E-state index in [0.717, 1.165) is 35.0 Å². The number of aryl methyl sites for hydroxylation is 2. The molecule has 1 aromatic heterocycles. The number of nitrogens with zero attached hydrogens (tertiary/aromatic N) is 2. The fourth-order valence-corrected chi connectivity index (χ4v) is 4.04. The molecule has 0 atom stereocenters. The molecule has 0 aliphatic heterocycles. The monoisotopic (exact) mass is 444 g/mol. The first-order valence-electron chi connectivity index (χ1n) is 9.30. The van der Waals surface area contributed by atoms with Crippen LogP contribution in [0.2, 0.25) is 0 Å². The van der Waals surface area contributed by atoms with Gasteiger partial charge in [-0.05, 0) is 43.2 Å². The predicted molar refractivity (Wildman–Crippen MR) is 116 cm³/mol. The van der Waals surface area contributed by atoms with E-state index in [0.29, 0.717) is 10.8 Å². The van der Waals surface area contributed by atoms with Gasteiger partial charge in [-0.25, -0.2) is 4.98 Å². The van der Waals surface area contributed by atoms with Gasteiger partial charge in [0.25, 0.3) is 0 Å². The van der Waals surface area contributed by atoms with Crippen molar-refractivity contribution in [2.45, 2.75) is 26.9 Å². The summed E-state index contributed by atoms with van der Waals surface area (Å²) in [6.45, 7) is 5.22. The first-order chi connectivity index (χ1) is 14.6. The molecule has 3 rings (SSSR count). The largest absolute Gasteiger partial charge is 0.417 e. The maximum absolute atomic E-state index is 13.1. The zero-order valence-corrected chi connectivity index (χ0v) is 17.8. The predicted octanol–water partition coefficient (Wildman–Crippen LogP) is 6.36. The Labute approximate surface area is 181 Å². The molecule has 0 N–H and O–H groups in total. The Kier molecular flexibility index (Phi) is 6.40. The topological polar surface area (TPSA) is 50.3 Å². The van der Waals surface area contributed by atoms with E-state index >= 15 is 0 Å². The van der Waals surface area contributed by atoms with Crippen LogP contribution in [-0.2, 0) is 11.0 Å². The number of halogens is 3. The van der Waals surface area contributed by atoms with Gasteiger partial charge in [0.05, 0.1) is 16.9 Å². The molecule has 0 radical (unpaired) electrons. The Hall–Kier alpha value is -3.26. The van der Waals surface area contributed by atoms with E-state index in [9.17, 15) is 22.8 Å². The zero-order chi connectivity index (χ0) is 22.8. The molecule has 0 spiro atoms. The SMILES string of the molecule is CC(=O)N(c1nc(/C=C\C(=O)c2ccccc2C(F)(F)F)cs1)c1c(C)cccc1C. The number of benzene rings is 2. The number of ketones is 1. The lowest BCUT2D eigenvalue weighted by molar-refractivity contribution is -0.137. The molecule has 0 bridgehead atoms. The van der Waals surface area contributed by atoms with Gasteiger partial charge < -0.3 is 0 Å². The third-order valence-corrected chi connectivity index (χ3v) is 5.43. The lowest BCUT2D eigenvalue weighted by Crippen LogP contribution is -2.24. The molecule has 3 aromatic rings. The summed E-state index contributed by atoms with van der Waals surface area (Å²) in [7, 11) is 0. The summed E-state index contributed by atoms with van der Waals surface area (Å²) < 4.78 is 39.4. The van der Waals surface area contributed by atoms with Crippen molar-refractivity contribution in [3.63, 3.8) is 0 Å². The summed E-state index contributed by atoms with van der Waals surface area (Å²) in [6.07, 6.45) is -2.22. The third kappa shape index (κ3) is 4.91. The molecule has 1 heterocycles. The summed E-state index contributed by atoms with van der Waals surface area (Å²) in [5.74, 6) is -1.00. The Morgan fingerprint density at radius 1 is 1.03 bits per heavy atom. The number of anilines is 2. The van der Waals surface area contributed by atoms with Crippen LogP contribution in [0.4, 0.5) is 24.0 Å². The van der Waals surface area contributed by atoms with Gasteiger partial charge in [-0.1, -0.05) is 36.4 Å². The van der Waals surface area contributed by atoms with E-state index in [4.69, 9.17) is 0 Å². The van der Waals surface area contributed by atoms with Gasteiger partial charge in [0.15, 0.2) is 10.9 Å². The minimum atomic E-state index is -4.62. The number of thiazole rings is 1. The molecule has 0 aliphatic carbocycles. The van der Waals surface area contributed by atoms with Gasteiger partial charge in [0.2, 0.25) is 5.91 Å². The molecule has 0 unspecified atom stereocenters. The second kappa shape index (κ2) is 8.85. The van der Waals surface area contributed by atoms with Crippen molar-refractivity contribution in [3.8, 4) is 0 Å². The highest BCUT2D eigenvalue weighted by Gasteiger charge is 2.34. The van der Waals surface area contributed by atoms with Crippen LogP contribution in [0.5, 0.6) is 0 Å². The third-order valence-electron chi connectivity index (χ3n) is 4.58. The molecular formula is C23H19F3N2O2S. The van der Waals surface area contributed by atoms with Gasteiger partial charge in [-0.3, -0.25) is 14.5 Å². The number of aromatic nitrogens is 1. The van der Waals surface area contributed by atoms with Gasteiger partial charge in [-0.2, -0.15) is 13.2 Å². The number of carbonyl (C=O) groups is 2. The Morgan fingerprint density at radius 3 is 2.29 bits per heavy atom. The maximum Gasteiger partial charge on any atom is 0.417 e. The first kappa shape index (κ1) is 22.4. The van der Waals surface area contributed by atoms with E-state index in [2.05, 4.69) is 4.98 Å². The van der Waals surface area contributed by atoms with E-state index in [1.54, 1.807) is 5.38 Å². The van der Waals surface area contributed by atoms with Crippen LogP contribution in [0.3, 0.4) is 0 Å². The second-order valence-electron chi connectivity index (χ2n) is 6.89. The van der Waals surface area contributed by atoms with Crippen molar-refractivity contribution in [2.75, 3.05) is 4.90 Å². The molecule has 0 aliphatic rings. The van der Waals surface area contributed by atoms with Crippen LogP contribution in [0.25, 0.3) is 6.08 Å². The lowest BCUT2D eigenvalue weighted by Gasteiger charge is -2.22. The highest BCUT2D eigenvalue weighted by Crippen LogP contribution is 2.34. The van der Waals surface area contributed by atoms with Crippen LogP contribution in [-0.4, -0.2) is 16.7 Å². The number of rotatable bonds is 5. The lowest BCUT2D eigenvalue weighted by atomic mass is 10.0. The van der Waals surface area contributed by atoms with Gasteiger partial charge in [0, 0.05) is 17.9 Å². The standard InChI is InChI=1S/C23H19F3N2O2S/c1-14-7-6-8-15(2)21(14)28(16(3)29)22-27-17(13-31-22)11-12-20(30)18-9-4-5-10-19(18)23(24,25)26/h4-13H,1-3H3/b12-11-. The highest BCUT2D eigenvalue weighted by atomic mass is 32.1. The van der Waals surface area contributed by atoms with Crippen LogP contribution in [0.15, 0.2) is 53.9 Å². The average Bonchev–Trinajstić information content (AvgIpc) is 3.16. The second-order valence-corrected chi connectivity index (χ2v) is 7.73. The zero-order valence-electron chi connectivity index (χ0n) is 17.0. The maximum atomic E-state index is 13.1. The molecule has 0 fully saturated rings. The van der Waals surface area contributed by atoms with Gasteiger partial charge in [0.1, 0.15) is 0 Å². The average molecular weight is 444 g/mol. The van der Waals surface area contributed by atoms with Crippen LogP contribution < -0.4 is 4.90 Å². The number of carbonyl (C=O) groups excluding carboxylic acids is 2. The normalized spacial score (nSPS) is 11.7. The minimum absolute atomic E-state index is 0.225. The Balaban J connectivity index is 1.90. The van der Waals surface area contributed by atoms with Crippen molar-refractivity contribution in [1.82, 2.24) is 4.98 Å². The summed E-state index contributed by atoms with van der Waals surface area (Å²) in [5, 5.41) is 2.05. The molecule has 160 valence electrons. The minimum Gasteiger partial charge on any atom is -0.289 e. The van der Waals surface area contributed by atoms with Crippen molar-refractivity contribution in [2.24, 2.45) is 0 Å². The fraction of sp³-hybridized carbons (Fsp3) is 0.174. The van der Waals surface area contributed by atoms with E-state index < -0.39 is 23.1 Å². The summed E-state index contributed by atoms with van der Waals surface area (Å²) in [6, 6.07) is 10.3. The van der Waals surface area contributed by atoms with Crippen LogP contribution in [0, 0.1) is 13.8 Å². The quantitative estimate of drug-likeness (QED) is 0.340. The summed E-state index contributed by atoms with van der Waals surface area (Å²) in [4.78, 5) is 30.6. The molecule has 2 aromatic carbocycles. The Bertz CT molecular complexity index is 1150. The van der Waals surface area contributed by atoms with Gasteiger partial charge in [-0.15, -0.1) is 11.3 Å². The number of amides is 1. The molecule has 4 nitrogen and oxygen atoms in total. The molecule has 8 heteroatoms. The molecule has 1 amide bonds. The van der Waals surface area contributed by atoms with E-state index in [1.807, 2.05) is 32.0 Å². The van der Waals surface area contributed by atoms with Crippen LogP contribution >= 0.6 is 11.3 Å². The molecular weight excluding hydrogens is 425 g/mol. The number of alkyl halides is 3. The fourth-order valence-electron chi connectivity index (χ4n) is 3.20. The van der Waals surface area contributed by atoms with Crippen LogP contribution in [0.1, 0.15) is 39.7 Å². The molecule has 0 saturated carbocycles. The van der Waals surface area contributed by atoms with E-state index in [1.165, 1.54) is 41.4 Å². The van der Waals surface area contributed by atoms with Crippen molar-refractivity contribution in [3.05, 3.63) is 81.9 Å². The van der Waals surface area contributed by atoms with E-state index in [-0.39, 0.29) is 5.91 Å². The van der Waals surface area contributed by atoms with Crippen molar-refractivity contribution in [1.29, 1.82) is 0 Å². The number of allylic oxidation sites excluding steroid dienone is 1. The first-order valence-corrected chi connectivity index (χ1v) is 10.2. The Morgan fingerprint density at radius 2 is 1.68 bits per heavy atom. The highest BCUT2D eigenvalue weighted by molar-refractivity contribution is 7.14. The summed E-state index contributed by atoms with van der Waals surface area (Å²) in [5.41, 5.74) is 1.50. The smallest absolute Gasteiger partial charge is 0.289 e. The van der Waals surface area contributed by atoms with Crippen molar-refractivity contribution >= 4 is 39.9 Å². The number of hydrogen-bond donors (Lipinski definition) is 0. The number of para-hydroxylation sites is 1.